The van der Waals surface area contributed by atoms with Gasteiger partial charge in [0, 0.05) is 18.5 Å². The Kier molecular flexibility index (Phi) is 8.07. The second-order valence-corrected chi connectivity index (χ2v) is 10.1. The van der Waals surface area contributed by atoms with E-state index in [9.17, 15) is 29.4 Å². The van der Waals surface area contributed by atoms with Crippen molar-refractivity contribution in [1.29, 1.82) is 0 Å². The summed E-state index contributed by atoms with van der Waals surface area (Å²) in [6.07, 6.45) is 0.494. The number of hydrogen-bond donors (Lipinski definition) is 4. The van der Waals surface area contributed by atoms with Gasteiger partial charge in [0.05, 0.1) is 21.5 Å². The van der Waals surface area contributed by atoms with Crippen molar-refractivity contribution < 1.29 is 29.4 Å². The molecule has 1 saturated carbocycles. The van der Waals surface area contributed by atoms with Gasteiger partial charge in [-0.3, -0.25) is 14.4 Å². The van der Waals surface area contributed by atoms with Crippen LogP contribution in [0, 0.1) is 17.3 Å². The van der Waals surface area contributed by atoms with E-state index in [4.69, 9.17) is 23.2 Å². The first kappa shape index (κ1) is 26.5. The quantitative estimate of drug-likeness (QED) is 0.384. The molecule has 1 aliphatic carbocycles. The fourth-order valence-corrected chi connectivity index (χ4v) is 4.90. The number of amides is 2. The highest BCUT2D eigenvalue weighted by atomic mass is 35.5. The molecule has 3 atom stereocenters. The van der Waals surface area contributed by atoms with Crippen LogP contribution in [0.5, 0.6) is 0 Å². The van der Waals surface area contributed by atoms with Crippen molar-refractivity contribution >= 4 is 52.6 Å². The van der Waals surface area contributed by atoms with Gasteiger partial charge in [0.25, 0.3) is 5.91 Å². The van der Waals surface area contributed by atoms with Gasteiger partial charge >= 0.3 is 11.9 Å². The van der Waals surface area contributed by atoms with Crippen LogP contribution in [0.3, 0.4) is 0 Å². The predicted molar refractivity (Wildman–Crippen MR) is 132 cm³/mol. The highest BCUT2D eigenvalue weighted by Crippen LogP contribution is 2.52. The maximum atomic E-state index is 12.5. The fraction of sp³-hybridized carbons (Fsp3) is 0.360. The Hall–Kier alpha value is -3.10. The molecule has 8 nitrogen and oxygen atoms in total. The Morgan fingerprint density at radius 3 is 2.14 bits per heavy atom. The van der Waals surface area contributed by atoms with E-state index in [-0.39, 0.29) is 34.4 Å². The minimum absolute atomic E-state index is 0.0391. The average Bonchev–Trinajstić information content (AvgIpc) is 2.76. The lowest BCUT2D eigenvalue weighted by atomic mass is 9.54. The van der Waals surface area contributed by atoms with Gasteiger partial charge in [-0.25, -0.2) is 4.79 Å². The Balaban J connectivity index is 1.58. The summed E-state index contributed by atoms with van der Waals surface area (Å²) in [5.41, 5.74) is 0.723. The fourth-order valence-electron chi connectivity index (χ4n) is 4.33. The second kappa shape index (κ2) is 10.7. The molecule has 2 amide bonds. The molecule has 0 aromatic heterocycles. The lowest BCUT2D eigenvalue weighted by Crippen LogP contribution is -2.51. The molecule has 2 aromatic carbocycles. The van der Waals surface area contributed by atoms with E-state index in [1.165, 1.54) is 0 Å². The third kappa shape index (κ3) is 6.13. The van der Waals surface area contributed by atoms with Crippen LogP contribution >= 0.6 is 23.2 Å². The van der Waals surface area contributed by atoms with Crippen LogP contribution in [0.15, 0.2) is 42.5 Å². The van der Waals surface area contributed by atoms with Crippen molar-refractivity contribution in [2.75, 3.05) is 5.32 Å². The number of rotatable bonds is 9. The molecule has 186 valence electrons. The Morgan fingerprint density at radius 2 is 1.63 bits per heavy atom. The monoisotopic (exact) mass is 520 g/mol. The molecule has 0 spiro atoms. The zero-order chi connectivity index (χ0) is 25.9. The second-order valence-electron chi connectivity index (χ2n) is 9.26. The van der Waals surface area contributed by atoms with E-state index in [0.717, 1.165) is 0 Å². The minimum atomic E-state index is -1.18. The molecular formula is C25H26Cl2N2O6. The summed E-state index contributed by atoms with van der Waals surface area (Å²) in [6.45, 7) is 3.61. The number of carbonyl (C=O) groups excluding carboxylic acids is 2. The van der Waals surface area contributed by atoms with Crippen LogP contribution < -0.4 is 10.6 Å². The molecule has 0 heterocycles. The van der Waals surface area contributed by atoms with E-state index in [1.807, 2.05) is 13.8 Å². The third-order valence-electron chi connectivity index (χ3n) is 6.68. The number of aliphatic carboxylic acids is 2. The highest BCUT2D eigenvalue weighted by molar-refractivity contribution is 6.40. The van der Waals surface area contributed by atoms with Gasteiger partial charge in [-0.05, 0) is 47.6 Å². The van der Waals surface area contributed by atoms with Crippen molar-refractivity contribution in [2.24, 2.45) is 17.3 Å². The minimum Gasteiger partial charge on any atom is -0.481 e. The van der Waals surface area contributed by atoms with Gasteiger partial charge in [-0.15, -0.1) is 0 Å². The number of anilines is 1. The zero-order valence-corrected chi connectivity index (χ0v) is 20.7. The predicted octanol–water partition coefficient (Wildman–Crippen LogP) is 4.49. The topological polar surface area (TPSA) is 133 Å². The molecule has 3 rings (SSSR count). The maximum Gasteiger partial charge on any atom is 0.326 e. The molecule has 10 heteroatoms. The number of benzene rings is 2. The molecule has 1 aliphatic rings. The first-order chi connectivity index (χ1) is 16.4. The largest absolute Gasteiger partial charge is 0.481 e. The molecule has 0 bridgehead atoms. The van der Waals surface area contributed by atoms with Gasteiger partial charge in [-0.2, -0.15) is 0 Å². The summed E-state index contributed by atoms with van der Waals surface area (Å²) in [5.74, 6) is -3.62. The Morgan fingerprint density at radius 1 is 1.03 bits per heavy atom. The summed E-state index contributed by atoms with van der Waals surface area (Å²) in [4.78, 5) is 48.0. The molecule has 2 aromatic rings. The van der Waals surface area contributed by atoms with Crippen LogP contribution in [0.4, 0.5) is 5.69 Å². The van der Waals surface area contributed by atoms with Gasteiger partial charge in [0.1, 0.15) is 6.04 Å². The molecule has 4 N–H and O–H groups in total. The van der Waals surface area contributed by atoms with Gasteiger partial charge in [-0.1, -0.05) is 55.2 Å². The number of carboxylic acid groups (broad SMARTS) is 2. The van der Waals surface area contributed by atoms with Crippen LogP contribution in [0.1, 0.15) is 42.6 Å². The van der Waals surface area contributed by atoms with Gasteiger partial charge in [0.15, 0.2) is 0 Å². The SMILES string of the molecule is CC1(C)[C@H](CC(=O)N[C@@H](Cc2ccc(NC(=O)c3c(Cl)cccc3Cl)cc2)C(=O)O)C[C@@H]1C(=O)O. The maximum absolute atomic E-state index is 12.5. The third-order valence-corrected chi connectivity index (χ3v) is 7.31. The lowest BCUT2D eigenvalue weighted by Gasteiger charge is -2.49. The summed E-state index contributed by atoms with van der Waals surface area (Å²) in [5, 5.41) is 24.5. The summed E-state index contributed by atoms with van der Waals surface area (Å²) >= 11 is 12.1. The van der Waals surface area contributed by atoms with Crippen molar-refractivity contribution in [1.82, 2.24) is 5.32 Å². The first-order valence-corrected chi connectivity index (χ1v) is 11.7. The number of hydrogen-bond acceptors (Lipinski definition) is 4. The number of carboxylic acids is 2. The highest BCUT2D eigenvalue weighted by Gasteiger charge is 2.52. The normalized spacial score (nSPS) is 19.2. The van der Waals surface area contributed by atoms with Gasteiger partial charge < -0.3 is 20.8 Å². The zero-order valence-electron chi connectivity index (χ0n) is 19.2. The molecule has 0 unspecified atom stereocenters. The Labute approximate surface area is 212 Å². The average molecular weight is 521 g/mol. The first-order valence-electron chi connectivity index (χ1n) is 11.0. The van der Waals surface area contributed by atoms with E-state index in [0.29, 0.717) is 17.7 Å². The van der Waals surface area contributed by atoms with Crippen molar-refractivity contribution in [3.05, 3.63) is 63.6 Å². The van der Waals surface area contributed by atoms with E-state index >= 15 is 0 Å². The molecular weight excluding hydrogens is 495 g/mol. The summed E-state index contributed by atoms with van der Waals surface area (Å²) in [7, 11) is 0. The molecule has 0 aliphatic heterocycles. The van der Waals surface area contributed by atoms with Crippen LogP contribution in [-0.4, -0.2) is 40.0 Å². The van der Waals surface area contributed by atoms with Gasteiger partial charge in [0.2, 0.25) is 5.91 Å². The number of carbonyl (C=O) groups is 4. The van der Waals surface area contributed by atoms with Crippen LogP contribution in [0.25, 0.3) is 0 Å². The van der Waals surface area contributed by atoms with Crippen molar-refractivity contribution in [3.63, 3.8) is 0 Å². The lowest BCUT2D eigenvalue weighted by molar-refractivity contribution is -0.160. The standard InChI is InChI=1S/C25H26Cl2N2O6/c1-25(2)14(11-16(25)23(32)33)12-20(30)29-19(24(34)35)10-13-6-8-15(9-7-13)28-22(31)21-17(26)4-3-5-18(21)27/h3-9,14,16,19H,10-12H2,1-2H3,(H,28,31)(H,29,30)(H,32,33)(H,34,35)/t14-,16+,19-/m0/s1. The number of nitrogens with one attached hydrogen (secondary N) is 2. The molecule has 1 fully saturated rings. The van der Waals surface area contributed by atoms with Crippen molar-refractivity contribution in [3.8, 4) is 0 Å². The molecule has 35 heavy (non-hydrogen) atoms. The van der Waals surface area contributed by atoms with Crippen LogP contribution in [-0.2, 0) is 20.8 Å². The van der Waals surface area contributed by atoms with E-state index in [2.05, 4.69) is 10.6 Å². The van der Waals surface area contributed by atoms with E-state index < -0.39 is 41.1 Å². The smallest absolute Gasteiger partial charge is 0.326 e. The van der Waals surface area contributed by atoms with Crippen LogP contribution in [0.2, 0.25) is 10.0 Å². The van der Waals surface area contributed by atoms with E-state index in [1.54, 1.807) is 42.5 Å². The molecule has 0 radical (unpaired) electrons. The van der Waals surface area contributed by atoms with Crippen molar-refractivity contribution in [2.45, 2.75) is 39.2 Å². The number of halogens is 2. The Bertz CT molecular complexity index is 1130. The summed E-state index contributed by atoms with van der Waals surface area (Å²) < 4.78 is 0. The summed E-state index contributed by atoms with van der Waals surface area (Å²) in [6, 6.07) is 10.1. The molecule has 0 saturated heterocycles.